The fourth-order valence-corrected chi connectivity index (χ4v) is 2.44. The van der Waals surface area contributed by atoms with Crippen LogP contribution in [0.2, 0.25) is 0 Å². The molecule has 1 unspecified atom stereocenters. The number of hydrogen-bond acceptors (Lipinski definition) is 0. The van der Waals surface area contributed by atoms with Crippen LogP contribution in [0, 0.1) is 5.92 Å². The average Bonchev–Trinajstić information content (AvgIpc) is 2.24. The molecule has 1 radical (unpaired) electrons. The summed E-state index contributed by atoms with van der Waals surface area (Å²) in [4.78, 5) is 0. The van der Waals surface area contributed by atoms with Crippen molar-refractivity contribution in [1.29, 1.82) is 0 Å². The summed E-state index contributed by atoms with van der Waals surface area (Å²) in [6.07, 6.45) is 14.0. The molecule has 15 heavy (non-hydrogen) atoms. The molecule has 0 aromatic heterocycles. The summed E-state index contributed by atoms with van der Waals surface area (Å²) in [5.41, 5.74) is 0. The first-order valence-electron chi connectivity index (χ1n) is 6.93. The number of rotatable bonds is 11. The van der Waals surface area contributed by atoms with Crippen LogP contribution in [0.5, 0.6) is 0 Å². The quantitative estimate of drug-likeness (QED) is 0.396. The normalized spacial score (nSPS) is 13.0. The summed E-state index contributed by atoms with van der Waals surface area (Å²) in [6, 6.07) is 0. The topological polar surface area (TPSA) is 0 Å². The van der Waals surface area contributed by atoms with Gasteiger partial charge in [0, 0.05) is 5.75 Å². The molecule has 0 aromatic carbocycles. The highest BCUT2D eigenvalue weighted by molar-refractivity contribution is 7.80. The van der Waals surface area contributed by atoms with Crippen molar-refractivity contribution in [2.45, 2.75) is 78.1 Å². The van der Waals surface area contributed by atoms with Crippen LogP contribution in [0.3, 0.4) is 0 Å². The molecule has 91 valence electrons. The second-order valence-corrected chi connectivity index (χ2v) is 5.11. The van der Waals surface area contributed by atoms with Crippen LogP contribution in [-0.4, -0.2) is 5.75 Å². The zero-order valence-electron chi connectivity index (χ0n) is 10.8. The smallest absolute Gasteiger partial charge is 0.00369 e. The summed E-state index contributed by atoms with van der Waals surface area (Å²) < 4.78 is 0. The molecule has 0 nitrogen and oxygen atoms in total. The van der Waals surface area contributed by atoms with Crippen molar-refractivity contribution in [3.8, 4) is 0 Å². The van der Waals surface area contributed by atoms with Crippen molar-refractivity contribution in [2.24, 2.45) is 5.92 Å². The highest BCUT2D eigenvalue weighted by atomic mass is 32.1. The first kappa shape index (κ1) is 15.3. The van der Waals surface area contributed by atoms with Gasteiger partial charge in [0.2, 0.25) is 0 Å². The summed E-state index contributed by atoms with van der Waals surface area (Å²) in [5.74, 6) is 1.96. The van der Waals surface area contributed by atoms with Gasteiger partial charge >= 0.3 is 0 Å². The second kappa shape index (κ2) is 12.4. The molecule has 0 aromatic rings. The maximum absolute atomic E-state index is 4.97. The predicted molar refractivity (Wildman–Crippen MR) is 73.5 cm³/mol. The molecule has 0 bridgehead atoms. The molecule has 0 amide bonds. The van der Waals surface area contributed by atoms with Crippen molar-refractivity contribution in [1.82, 2.24) is 0 Å². The summed E-state index contributed by atoms with van der Waals surface area (Å²) in [5, 5.41) is 0. The van der Waals surface area contributed by atoms with Gasteiger partial charge in [-0.25, -0.2) is 0 Å². The average molecular weight is 229 g/mol. The molecule has 1 heteroatoms. The first-order chi connectivity index (χ1) is 7.35. The van der Waals surface area contributed by atoms with E-state index in [2.05, 4.69) is 13.8 Å². The third-order valence-electron chi connectivity index (χ3n) is 3.17. The summed E-state index contributed by atoms with van der Waals surface area (Å²) in [7, 11) is 0. The Morgan fingerprint density at radius 1 is 0.733 bits per heavy atom. The molecule has 0 fully saturated rings. The van der Waals surface area contributed by atoms with Crippen LogP contribution < -0.4 is 0 Å². The van der Waals surface area contributed by atoms with E-state index in [0.717, 1.165) is 11.7 Å². The van der Waals surface area contributed by atoms with Gasteiger partial charge < -0.3 is 0 Å². The molecule has 0 aliphatic heterocycles. The summed E-state index contributed by atoms with van der Waals surface area (Å²) >= 11 is 4.97. The van der Waals surface area contributed by atoms with Gasteiger partial charge in [-0.3, -0.25) is 0 Å². The van der Waals surface area contributed by atoms with Gasteiger partial charge in [-0.2, -0.15) is 0 Å². The molecule has 0 rings (SSSR count). The monoisotopic (exact) mass is 229 g/mol. The molecular formula is C14H29S. The van der Waals surface area contributed by atoms with E-state index in [9.17, 15) is 0 Å². The van der Waals surface area contributed by atoms with Crippen molar-refractivity contribution >= 4 is 12.6 Å². The highest BCUT2D eigenvalue weighted by Gasteiger charge is 2.06. The predicted octanol–water partition coefficient (Wildman–Crippen LogP) is 5.74. The molecule has 1 atom stereocenters. The molecule has 0 saturated carbocycles. The fraction of sp³-hybridized carbons (Fsp3) is 1.00. The Bertz CT molecular complexity index is 112. The standard InChI is InChI=1S/C14H29S/c1-3-5-7-11-14(10-4-2)12-8-6-9-13-15/h14H,3-13H2,1-2H3. The van der Waals surface area contributed by atoms with E-state index >= 15 is 0 Å². The summed E-state index contributed by atoms with van der Waals surface area (Å²) in [6.45, 7) is 4.61. The van der Waals surface area contributed by atoms with Crippen LogP contribution in [0.15, 0.2) is 0 Å². The first-order valence-corrected chi connectivity index (χ1v) is 7.50. The van der Waals surface area contributed by atoms with E-state index in [-0.39, 0.29) is 0 Å². The SMILES string of the molecule is CCCCCC(CCC)CCCCC[S]. The van der Waals surface area contributed by atoms with E-state index in [1.807, 2.05) is 0 Å². The van der Waals surface area contributed by atoms with E-state index in [0.29, 0.717) is 0 Å². The van der Waals surface area contributed by atoms with Crippen molar-refractivity contribution in [2.75, 3.05) is 5.75 Å². The Morgan fingerprint density at radius 3 is 1.93 bits per heavy atom. The zero-order chi connectivity index (χ0) is 11.4. The largest absolute Gasteiger partial charge is 0.0942 e. The molecule has 0 N–H and O–H groups in total. The Balaban J connectivity index is 3.44. The lowest BCUT2D eigenvalue weighted by atomic mass is 9.91. The van der Waals surface area contributed by atoms with Crippen LogP contribution in [-0.2, 0) is 0 Å². The van der Waals surface area contributed by atoms with Crippen LogP contribution in [0.1, 0.15) is 78.1 Å². The molecule has 0 heterocycles. The lowest BCUT2D eigenvalue weighted by Crippen LogP contribution is -2.00. The van der Waals surface area contributed by atoms with Crippen molar-refractivity contribution < 1.29 is 0 Å². The Labute approximate surface area is 103 Å². The Morgan fingerprint density at radius 2 is 1.40 bits per heavy atom. The Hall–Kier alpha value is 0.350. The van der Waals surface area contributed by atoms with Gasteiger partial charge in [-0.15, -0.1) is 0 Å². The lowest BCUT2D eigenvalue weighted by molar-refractivity contribution is 0.383. The van der Waals surface area contributed by atoms with Crippen molar-refractivity contribution in [3.05, 3.63) is 0 Å². The third-order valence-corrected chi connectivity index (χ3v) is 3.46. The maximum Gasteiger partial charge on any atom is 0.00369 e. The fourth-order valence-electron chi connectivity index (χ4n) is 2.24. The molecular weight excluding hydrogens is 200 g/mol. The highest BCUT2D eigenvalue weighted by Crippen LogP contribution is 2.22. The van der Waals surface area contributed by atoms with Gasteiger partial charge in [0.25, 0.3) is 0 Å². The van der Waals surface area contributed by atoms with Crippen LogP contribution >= 0.6 is 12.6 Å². The van der Waals surface area contributed by atoms with E-state index < -0.39 is 0 Å². The molecule has 0 saturated heterocycles. The molecule has 0 spiro atoms. The maximum atomic E-state index is 4.97. The minimum absolute atomic E-state index is 0.953. The van der Waals surface area contributed by atoms with E-state index in [1.165, 1.54) is 64.2 Å². The molecule has 0 aliphatic rings. The van der Waals surface area contributed by atoms with Gasteiger partial charge in [0.15, 0.2) is 0 Å². The minimum atomic E-state index is 0.953. The molecule has 0 aliphatic carbocycles. The third kappa shape index (κ3) is 10.6. The van der Waals surface area contributed by atoms with Crippen molar-refractivity contribution in [3.63, 3.8) is 0 Å². The van der Waals surface area contributed by atoms with Gasteiger partial charge in [-0.1, -0.05) is 84.3 Å². The minimum Gasteiger partial charge on any atom is -0.0942 e. The van der Waals surface area contributed by atoms with Crippen LogP contribution in [0.4, 0.5) is 0 Å². The van der Waals surface area contributed by atoms with Gasteiger partial charge in [-0.05, 0) is 12.3 Å². The number of hydrogen-bond donors (Lipinski definition) is 0. The van der Waals surface area contributed by atoms with E-state index in [4.69, 9.17) is 12.6 Å². The zero-order valence-corrected chi connectivity index (χ0v) is 11.6. The Kier molecular flexibility index (Phi) is 12.7. The van der Waals surface area contributed by atoms with E-state index in [1.54, 1.807) is 0 Å². The van der Waals surface area contributed by atoms with Gasteiger partial charge in [0.1, 0.15) is 0 Å². The second-order valence-electron chi connectivity index (χ2n) is 4.70. The van der Waals surface area contributed by atoms with Crippen LogP contribution in [0.25, 0.3) is 0 Å². The lowest BCUT2D eigenvalue weighted by Gasteiger charge is -2.15. The van der Waals surface area contributed by atoms with Gasteiger partial charge in [0.05, 0.1) is 0 Å². The number of unbranched alkanes of at least 4 members (excludes halogenated alkanes) is 4.